The van der Waals surface area contributed by atoms with Crippen LogP contribution in [-0.2, 0) is 11.2 Å². The first-order valence-electron chi connectivity index (χ1n) is 13.6. The van der Waals surface area contributed by atoms with Crippen LogP contribution in [0.4, 0.5) is 0 Å². The number of furan rings is 1. The van der Waals surface area contributed by atoms with Crippen molar-refractivity contribution in [3.8, 4) is 17.1 Å². The van der Waals surface area contributed by atoms with E-state index in [2.05, 4.69) is 18.2 Å². The monoisotopic (exact) mass is 574 g/mol. The number of carbonyl (C=O) groups excluding carboxylic acids is 1. The topological polar surface area (TPSA) is 83.0 Å². The van der Waals surface area contributed by atoms with Gasteiger partial charge in [0.25, 0.3) is 5.56 Å². The van der Waals surface area contributed by atoms with E-state index in [-0.39, 0.29) is 11.6 Å². The van der Waals surface area contributed by atoms with E-state index < -0.39 is 5.97 Å². The number of hydrogen-bond acceptors (Lipinski definition) is 7. The highest BCUT2D eigenvalue weighted by atomic mass is 32.1. The second kappa shape index (κ2) is 10.5. The number of benzene rings is 3. The number of ether oxygens (including phenoxy) is 2. The number of nitrogens with zero attached hydrogens (tertiary/aromatic N) is 2. The summed E-state index contributed by atoms with van der Waals surface area (Å²) in [4.78, 5) is 31.5. The molecule has 1 aliphatic heterocycles. The summed E-state index contributed by atoms with van der Waals surface area (Å²) in [5.74, 6) is 1.54. The Morgan fingerprint density at radius 2 is 1.83 bits per heavy atom. The summed E-state index contributed by atoms with van der Waals surface area (Å²) < 4.78 is 18.8. The molecule has 3 heterocycles. The van der Waals surface area contributed by atoms with Gasteiger partial charge in [0.2, 0.25) is 0 Å². The molecule has 1 atom stereocenters. The second-order valence-electron chi connectivity index (χ2n) is 10.2. The molecule has 0 N–H and O–H groups in total. The number of rotatable bonds is 5. The molecule has 5 aromatic rings. The number of hydrogen-bond donors (Lipinski definition) is 0. The van der Waals surface area contributed by atoms with E-state index in [9.17, 15) is 9.59 Å². The molecule has 1 aliphatic carbocycles. The van der Waals surface area contributed by atoms with Crippen LogP contribution in [0, 0.1) is 0 Å². The molecule has 7 nitrogen and oxygen atoms in total. The third kappa shape index (κ3) is 4.40. The molecule has 2 aromatic heterocycles. The molecular formula is C34H26N2O5S. The molecule has 0 unspecified atom stereocenters. The van der Waals surface area contributed by atoms with Crippen LogP contribution >= 0.6 is 11.3 Å². The third-order valence-corrected chi connectivity index (χ3v) is 8.76. The fraction of sp³-hybridized carbons (Fsp3) is 0.147. The van der Waals surface area contributed by atoms with Crippen molar-refractivity contribution in [3.05, 3.63) is 138 Å². The van der Waals surface area contributed by atoms with E-state index in [4.69, 9.17) is 18.9 Å². The Kier molecular flexibility index (Phi) is 6.47. The smallest absolute Gasteiger partial charge is 0.337 e. The van der Waals surface area contributed by atoms with Gasteiger partial charge in [-0.2, -0.15) is 0 Å². The largest absolute Gasteiger partial charge is 0.497 e. The van der Waals surface area contributed by atoms with Crippen molar-refractivity contribution in [2.75, 3.05) is 14.2 Å². The van der Waals surface area contributed by atoms with Crippen molar-refractivity contribution in [1.29, 1.82) is 0 Å². The molecule has 8 heteroatoms. The van der Waals surface area contributed by atoms with Gasteiger partial charge in [-0.3, -0.25) is 9.36 Å². The SMILES string of the molecule is COC(=O)c1ccc(-c2ccc(/C=c3/sc4n(c3=O)[C@H](c3cccc(OC)c3)C3=C(N=4)c4ccccc4CC3)o2)cc1. The summed E-state index contributed by atoms with van der Waals surface area (Å²) in [7, 11) is 3.00. The maximum Gasteiger partial charge on any atom is 0.337 e. The maximum atomic E-state index is 14.0. The average molecular weight is 575 g/mol. The van der Waals surface area contributed by atoms with E-state index >= 15 is 0 Å². The molecule has 0 radical (unpaired) electrons. The highest BCUT2D eigenvalue weighted by molar-refractivity contribution is 7.07. The quantitative estimate of drug-likeness (QED) is 0.264. The van der Waals surface area contributed by atoms with Gasteiger partial charge < -0.3 is 13.9 Å². The molecule has 0 fully saturated rings. The lowest BCUT2D eigenvalue weighted by molar-refractivity contribution is 0.0600. The van der Waals surface area contributed by atoms with Gasteiger partial charge in [-0.15, -0.1) is 0 Å². The van der Waals surface area contributed by atoms with Gasteiger partial charge in [0.1, 0.15) is 17.3 Å². The van der Waals surface area contributed by atoms with Crippen LogP contribution in [0.1, 0.15) is 45.3 Å². The fourth-order valence-corrected chi connectivity index (χ4v) is 6.72. The zero-order chi connectivity index (χ0) is 28.8. The summed E-state index contributed by atoms with van der Waals surface area (Å²) in [6, 6.07) is 26.7. The van der Waals surface area contributed by atoms with Gasteiger partial charge in [0, 0.05) is 17.2 Å². The summed E-state index contributed by atoms with van der Waals surface area (Å²) in [5.41, 5.74) is 6.63. The Morgan fingerprint density at radius 3 is 2.64 bits per heavy atom. The normalized spacial score (nSPS) is 15.9. The standard InChI is InChI=1S/C34H26N2O5S/c1-39-24-8-5-7-23(18-24)31-27-16-14-20-6-3-4-9-26(20)30(27)35-34-36(31)32(37)29(42-34)19-25-15-17-28(41-25)21-10-12-22(13-11-21)33(38)40-2/h3-13,15,17-19,31H,14,16H2,1-2H3/b29-19+/t31-/m1/s1. The van der Waals surface area contributed by atoms with Crippen LogP contribution in [0.3, 0.4) is 0 Å². The minimum absolute atomic E-state index is 0.114. The van der Waals surface area contributed by atoms with E-state index in [0.717, 1.165) is 46.6 Å². The average Bonchev–Trinajstić information content (AvgIpc) is 3.63. The highest BCUT2D eigenvalue weighted by Gasteiger charge is 2.32. The first-order chi connectivity index (χ1) is 20.5. The first-order valence-corrected chi connectivity index (χ1v) is 14.4. The predicted molar refractivity (Wildman–Crippen MR) is 161 cm³/mol. The first kappa shape index (κ1) is 26.0. The van der Waals surface area contributed by atoms with Crippen LogP contribution < -0.4 is 19.6 Å². The van der Waals surface area contributed by atoms with Crippen LogP contribution in [0.25, 0.3) is 23.1 Å². The molecule has 0 spiro atoms. The van der Waals surface area contributed by atoms with Crippen molar-refractivity contribution in [2.24, 2.45) is 4.99 Å². The number of methoxy groups -OCH3 is 2. The predicted octanol–water partition coefficient (Wildman–Crippen LogP) is 5.37. The van der Waals surface area contributed by atoms with Crippen molar-refractivity contribution in [3.63, 3.8) is 0 Å². The second-order valence-corrected chi connectivity index (χ2v) is 11.2. The maximum absolute atomic E-state index is 14.0. The molecule has 3 aromatic carbocycles. The van der Waals surface area contributed by atoms with Gasteiger partial charge in [-0.1, -0.05) is 59.9 Å². The molecule has 0 saturated heterocycles. The van der Waals surface area contributed by atoms with Gasteiger partial charge in [0.05, 0.1) is 36.1 Å². The van der Waals surface area contributed by atoms with Crippen molar-refractivity contribution >= 4 is 29.1 Å². The Hall–Kier alpha value is -4.95. The summed E-state index contributed by atoms with van der Waals surface area (Å²) in [6.45, 7) is 0. The summed E-state index contributed by atoms with van der Waals surface area (Å²) in [6.07, 6.45) is 3.48. The molecule has 0 bridgehead atoms. The van der Waals surface area contributed by atoms with Gasteiger partial charge in [-0.25, -0.2) is 9.79 Å². The third-order valence-electron chi connectivity index (χ3n) is 7.77. The van der Waals surface area contributed by atoms with Crippen LogP contribution in [0.15, 0.2) is 105 Å². The van der Waals surface area contributed by atoms with Crippen LogP contribution in [-0.4, -0.2) is 24.8 Å². The number of fused-ring (bicyclic) bond motifs is 3. The Balaban J connectivity index is 1.34. The van der Waals surface area contributed by atoms with Crippen LogP contribution in [0.2, 0.25) is 0 Å². The van der Waals surface area contributed by atoms with Crippen LogP contribution in [0.5, 0.6) is 5.75 Å². The lowest BCUT2D eigenvalue weighted by Crippen LogP contribution is -2.38. The van der Waals surface area contributed by atoms with Crippen molar-refractivity contribution in [1.82, 2.24) is 4.57 Å². The molecule has 0 saturated carbocycles. The van der Waals surface area contributed by atoms with Crippen molar-refractivity contribution in [2.45, 2.75) is 18.9 Å². The van der Waals surface area contributed by atoms with Crippen molar-refractivity contribution < 1.29 is 18.7 Å². The highest BCUT2D eigenvalue weighted by Crippen LogP contribution is 2.41. The molecule has 0 amide bonds. The molecule has 208 valence electrons. The molecule has 42 heavy (non-hydrogen) atoms. The van der Waals surface area contributed by atoms with E-state index in [0.29, 0.717) is 26.4 Å². The Morgan fingerprint density at radius 1 is 1.00 bits per heavy atom. The summed E-state index contributed by atoms with van der Waals surface area (Å²) >= 11 is 1.36. The van der Waals surface area contributed by atoms with Gasteiger partial charge in [-0.05, 0) is 65.9 Å². The van der Waals surface area contributed by atoms with E-state index in [1.807, 2.05) is 47.0 Å². The molecular weight excluding hydrogens is 548 g/mol. The number of thiazole rings is 1. The number of aryl methyl sites for hydroxylation is 1. The Labute approximate surface area is 245 Å². The number of carbonyl (C=O) groups is 1. The number of aromatic nitrogens is 1. The van der Waals surface area contributed by atoms with Gasteiger partial charge >= 0.3 is 5.97 Å². The summed E-state index contributed by atoms with van der Waals surface area (Å²) in [5, 5.41) is 0. The number of esters is 1. The zero-order valence-electron chi connectivity index (χ0n) is 23.0. The van der Waals surface area contributed by atoms with E-state index in [1.54, 1.807) is 37.5 Å². The molecule has 7 rings (SSSR count). The lowest BCUT2D eigenvalue weighted by Gasteiger charge is -2.31. The number of allylic oxidation sites excluding steroid dienone is 1. The zero-order valence-corrected chi connectivity index (χ0v) is 23.8. The lowest BCUT2D eigenvalue weighted by atomic mass is 9.83. The minimum atomic E-state index is -0.394. The molecule has 2 aliphatic rings. The van der Waals surface area contributed by atoms with E-state index in [1.165, 1.54) is 24.0 Å². The Bertz CT molecular complexity index is 2060. The fourth-order valence-electron chi connectivity index (χ4n) is 5.74. The minimum Gasteiger partial charge on any atom is -0.497 e. The van der Waals surface area contributed by atoms with Gasteiger partial charge in [0.15, 0.2) is 4.80 Å².